The maximum Gasteiger partial charge on any atom is 0.259 e. The van der Waals surface area contributed by atoms with E-state index in [1.54, 1.807) is 30.3 Å². The topological polar surface area (TPSA) is 134 Å². The molecule has 1 amide bonds. The van der Waals surface area contributed by atoms with Crippen LogP contribution in [0.25, 0.3) is 34.0 Å². The van der Waals surface area contributed by atoms with Crippen molar-refractivity contribution in [2.24, 2.45) is 0 Å². The molecule has 1 aromatic carbocycles. The molecule has 7 rings (SSSR count). The van der Waals surface area contributed by atoms with Gasteiger partial charge in [-0.25, -0.2) is 9.67 Å². The lowest BCUT2D eigenvalue weighted by Gasteiger charge is -2.26. The third-order valence-electron chi connectivity index (χ3n) is 6.84. The fraction of sp³-hybridized carbons (Fsp3) is 0.179. The van der Waals surface area contributed by atoms with Crippen LogP contribution in [0.15, 0.2) is 85.1 Å². The van der Waals surface area contributed by atoms with E-state index in [-0.39, 0.29) is 17.7 Å². The lowest BCUT2D eigenvalue weighted by molar-refractivity contribution is 0.0940. The van der Waals surface area contributed by atoms with Crippen LogP contribution in [0.5, 0.6) is 5.75 Å². The van der Waals surface area contributed by atoms with E-state index in [1.165, 1.54) is 12.5 Å². The highest BCUT2D eigenvalue weighted by atomic mass is 79.9. The summed E-state index contributed by atoms with van der Waals surface area (Å²) in [5.74, 6) is 1.41. The monoisotopic (exact) mass is 600 g/mol. The van der Waals surface area contributed by atoms with Gasteiger partial charge in [-0.1, -0.05) is 26.3 Å². The number of hydrogen-bond acceptors (Lipinski definition) is 9. The lowest BCUT2D eigenvalue weighted by Crippen LogP contribution is -2.27. The number of aromatic nitrogens is 5. The van der Waals surface area contributed by atoms with Crippen LogP contribution >= 0.6 is 15.9 Å². The molecule has 0 bridgehead atoms. The Kier molecular flexibility index (Phi) is 5.96. The molecule has 40 heavy (non-hydrogen) atoms. The Bertz CT molecular complexity index is 1830. The first kappa shape index (κ1) is 24.3. The van der Waals surface area contributed by atoms with Crippen LogP contribution in [0.3, 0.4) is 0 Å². The minimum Gasteiger partial charge on any atom is -0.493 e. The molecule has 0 fully saturated rings. The number of hydrogen-bond donors (Lipinski definition) is 1. The first-order chi connectivity index (χ1) is 19.5. The SMILES string of the molecule is CC(NC(=O)c1cc(-c2ccco2)nc2onc(-c3ccco3)c12)c1cn([C@H]2CCOc3ccc(Br)cc32)nn1. The zero-order valence-corrected chi connectivity index (χ0v) is 22.7. The average molecular weight is 601 g/mol. The van der Waals surface area contributed by atoms with Crippen LogP contribution in [0, 0.1) is 0 Å². The summed E-state index contributed by atoms with van der Waals surface area (Å²) in [6.07, 6.45) is 5.67. The first-order valence-electron chi connectivity index (χ1n) is 12.6. The lowest BCUT2D eigenvalue weighted by atomic mass is 10.0. The van der Waals surface area contributed by atoms with Crippen LogP contribution in [-0.2, 0) is 0 Å². The Morgan fingerprint density at radius 3 is 2.75 bits per heavy atom. The number of benzene rings is 1. The molecule has 11 nitrogen and oxygen atoms in total. The zero-order valence-electron chi connectivity index (χ0n) is 21.1. The second kappa shape index (κ2) is 9.79. The van der Waals surface area contributed by atoms with Crippen molar-refractivity contribution in [3.8, 4) is 28.7 Å². The van der Waals surface area contributed by atoms with Gasteiger partial charge >= 0.3 is 0 Å². The number of fused-ring (bicyclic) bond motifs is 2. The largest absolute Gasteiger partial charge is 0.493 e. The van der Waals surface area contributed by atoms with Crippen molar-refractivity contribution in [1.29, 1.82) is 0 Å². The number of furan rings is 2. The van der Waals surface area contributed by atoms with Crippen LogP contribution in [0.1, 0.15) is 47.0 Å². The van der Waals surface area contributed by atoms with Crippen LogP contribution in [0.4, 0.5) is 0 Å². The number of nitrogens with one attached hydrogen (secondary N) is 1. The van der Waals surface area contributed by atoms with Crippen molar-refractivity contribution in [3.05, 3.63) is 88.5 Å². The number of ether oxygens (including phenoxy) is 1. The fourth-order valence-corrected chi connectivity index (χ4v) is 5.25. The van der Waals surface area contributed by atoms with Crippen molar-refractivity contribution >= 4 is 32.9 Å². The van der Waals surface area contributed by atoms with E-state index in [1.807, 2.05) is 36.0 Å². The van der Waals surface area contributed by atoms with E-state index in [0.29, 0.717) is 46.2 Å². The molecule has 0 radical (unpaired) electrons. The molecule has 1 aliphatic rings. The van der Waals surface area contributed by atoms with Gasteiger partial charge < -0.3 is 23.4 Å². The van der Waals surface area contributed by atoms with E-state index in [0.717, 1.165) is 22.2 Å². The van der Waals surface area contributed by atoms with Gasteiger partial charge in [0, 0.05) is 16.5 Å². The van der Waals surface area contributed by atoms with Gasteiger partial charge in [0.25, 0.3) is 11.6 Å². The predicted molar refractivity (Wildman–Crippen MR) is 146 cm³/mol. The molecule has 2 atom stereocenters. The quantitative estimate of drug-likeness (QED) is 0.245. The number of amides is 1. The van der Waals surface area contributed by atoms with Crippen molar-refractivity contribution in [2.45, 2.75) is 25.4 Å². The summed E-state index contributed by atoms with van der Waals surface area (Å²) in [4.78, 5) is 18.3. The van der Waals surface area contributed by atoms with Gasteiger partial charge in [-0.2, -0.15) is 0 Å². The number of nitrogens with zero attached hydrogens (tertiary/aromatic N) is 5. The van der Waals surface area contributed by atoms with Crippen LogP contribution in [0.2, 0.25) is 0 Å². The van der Waals surface area contributed by atoms with E-state index >= 15 is 0 Å². The molecule has 0 saturated carbocycles. The Morgan fingerprint density at radius 1 is 1.12 bits per heavy atom. The number of carbonyl (C=O) groups excluding carboxylic acids is 1. The number of rotatable bonds is 6. The molecular formula is C28H21BrN6O5. The van der Waals surface area contributed by atoms with E-state index < -0.39 is 6.04 Å². The van der Waals surface area contributed by atoms with Gasteiger partial charge in [0.15, 0.2) is 17.2 Å². The maximum absolute atomic E-state index is 13.7. The molecule has 5 aromatic heterocycles. The Labute approximate surface area is 235 Å². The summed E-state index contributed by atoms with van der Waals surface area (Å²) in [5, 5.41) is 16.4. The van der Waals surface area contributed by atoms with Crippen molar-refractivity contribution in [3.63, 3.8) is 0 Å². The molecule has 6 aromatic rings. The summed E-state index contributed by atoms with van der Waals surface area (Å²) in [5.41, 5.74) is 2.96. The van der Waals surface area contributed by atoms with Gasteiger partial charge in [0.05, 0.1) is 48.4 Å². The van der Waals surface area contributed by atoms with E-state index in [2.05, 4.69) is 41.7 Å². The summed E-state index contributed by atoms with van der Waals surface area (Å²) < 4.78 is 25.2. The van der Waals surface area contributed by atoms with Gasteiger partial charge in [-0.15, -0.1) is 5.10 Å². The van der Waals surface area contributed by atoms with Crippen LogP contribution in [-0.4, -0.2) is 37.6 Å². The summed E-state index contributed by atoms with van der Waals surface area (Å²) in [6.45, 7) is 2.43. The maximum atomic E-state index is 13.7. The number of halogens is 1. The molecular weight excluding hydrogens is 580 g/mol. The highest BCUT2D eigenvalue weighted by Gasteiger charge is 2.27. The Morgan fingerprint density at radius 2 is 1.95 bits per heavy atom. The summed E-state index contributed by atoms with van der Waals surface area (Å²) >= 11 is 3.54. The number of pyridine rings is 1. The highest BCUT2D eigenvalue weighted by Crippen LogP contribution is 2.37. The Hall–Kier alpha value is -4.71. The normalized spacial score (nSPS) is 15.5. The Balaban J connectivity index is 1.21. The van der Waals surface area contributed by atoms with E-state index in [9.17, 15) is 4.79 Å². The van der Waals surface area contributed by atoms with Gasteiger partial charge in [0.2, 0.25) is 0 Å². The third kappa shape index (κ3) is 4.26. The minimum atomic E-state index is -0.453. The summed E-state index contributed by atoms with van der Waals surface area (Å²) in [7, 11) is 0. The standard InChI is InChI=1S/C28H21BrN6O5/c1-15(20-14-35(34-32-20)21-8-11-39-22-7-6-16(29)12-17(21)22)30-27(36)18-13-19(23-4-2-9-37-23)31-28-25(18)26(33-40-28)24-5-3-10-38-24/h2-7,9-10,12-15,21H,8,11H2,1H3,(H,30,36)/t15?,21-/m0/s1. The smallest absolute Gasteiger partial charge is 0.259 e. The van der Waals surface area contributed by atoms with Gasteiger partial charge in [0.1, 0.15) is 17.1 Å². The van der Waals surface area contributed by atoms with Gasteiger partial charge in [-0.3, -0.25) is 4.79 Å². The average Bonchev–Trinajstić information content (AvgIpc) is 3.79. The molecule has 12 heteroatoms. The second-order valence-corrected chi connectivity index (χ2v) is 10.3. The van der Waals surface area contributed by atoms with Crippen LogP contribution < -0.4 is 10.1 Å². The minimum absolute atomic E-state index is 0.0334. The van der Waals surface area contributed by atoms with E-state index in [4.69, 9.17) is 18.1 Å². The van der Waals surface area contributed by atoms with Gasteiger partial charge in [-0.05, 0) is 55.5 Å². The molecule has 0 aliphatic carbocycles. The zero-order chi connectivity index (χ0) is 27.2. The molecule has 200 valence electrons. The third-order valence-corrected chi connectivity index (χ3v) is 7.33. The van der Waals surface area contributed by atoms with Crippen molar-refractivity contribution in [1.82, 2.24) is 30.5 Å². The fourth-order valence-electron chi connectivity index (χ4n) is 4.87. The molecule has 0 saturated heterocycles. The first-order valence-corrected chi connectivity index (χ1v) is 13.4. The van der Waals surface area contributed by atoms with Crippen molar-refractivity contribution < 1.29 is 22.9 Å². The van der Waals surface area contributed by atoms with Crippen molar-refractivity contribution in [2.75, 3.05) is 6.61 Å². The molecule has 1 aliphatic heterocycles. The summed E-state index contributed by atoms with van der Waals surface area (Å²) in [6, 6.07) is 14.1. The second-order valence-electron chi connectivity index (χ2n) is 9.37. The molecule has 1 N–H and O–H groups in total. The number of carbonyl (C=O) groups is 1. The molecule has 6 heterocycles. The molecule has 1 unspecified atom stereocenters. The predicted octanol–water partition coefficient (Wildman–Crippen LogP) is 5.96. The molecule has 0 spiro atoms. The highest BCUT2D eigenvalue weighted by molar-refractivity contribution is 9.10.